The number of nitrogens with one attached hydrogen (secondary N) is 1. The van der Waals surface area contributed by atoms with Gasteiger partial charge in [0.05, 0.1) is 4.87 Å². The Bertz CT molecular complexity index is 262. The summed E-state index contributed by atoms with van der Waals surface area (Å²) in [4.78, 5) is 13.2. The Hall–Kier alpha value is -0.260. The van der Waals surface area contributed by atoms with Crippen molar-refractivity contribution in [2.75, 3.05) is 19.3 Å². The Morgan fingerprint density at radius 3 is 2.93 bits per heavy atom. The van der Waals surface area contributed by atoms with Gasteiger partial charge in [-0.15, -0.1) is 11.8 Å². The van der Waals surface area contributed by atoms with Crippen LogP contribution in [0.5, 0.6) is 0 Å². The summed E-state index contributed by atoms with van der Waals surface area (Å²) in [6.07, 6.45) is 1.78. The van der Waals surface area contributed by atoms with Crippen molar-refractivity contribution in [1.29, 1.82) is 0 Å². The van der Waals surface area contributed by atoms with Crippen LogP contribution in [0.2, 0.25) is 0 Å². The van der Waals surface area contributed by atoms with E-state index in [0.29, 0.717) is 6.04 Å². The number of likely N-dealkylation sites (tertiary alicyclic amines) is 1. The van der Waals surface area contributed by atoms with Crippen LogP contribution in [-0.2, 0) is 4.79 Å². The standard InChI is InChI=1S/C10H18N2O2S/c1-7-5-10(6-12(7)2)11-8(9(13)14)3-4-15-10/h7-8,11H,3-6H2,1-2H3,(H,13,14). The molecule has 5 heteroatoms. The summed E-state index contributed by atoms with van der Waals surface area (Å²) in [7, 11) is 2.10. The van der Waals surface area contributed by atoms with Crippen LogP contribution in [0.4, 0.5) is 0 Å². The molecular weight excluding hydrogens is 212 g/mol. The van der Waals surface area contributed by atoms with Crippen LogP contribution in [0.1, 0.15) is 19.8 Å². The predicted molar refractivity (Wildman–Crippen MR) is 61.1 cm³/mol. The molecule has 0 aromatic rings. The molecule has 2 fully saturated rings. The number of thioether (sulfide) groups is 1. The number of nitrogens with zero attached hydrogens (tertiary/aromatic N) is 1. The highest BCUT2D eigenvalue weighted by molar-refractivity contribution is 8.00. The average Bonchev–Trinajstić information content (AvgIpc) is 2.42. The first-order chi connectivity index (χ1) is 7.02. The van der Waals surface area contributed by atoms with Gasteiger partial charge >= 0.3 is 5.97 Å². The SMILES string of the molecule is CC1CC2(CN1C)NC(C(=O)O)CCS2. The first-order valence-electron chi connectivity index (χ1n) is 5.37. The highest BCUT2D eigenvalue weighted by Crippen LogP contribution is 2.39. The molecule has 3 atom stereocenters. The minimum atomic E-state index is -0.711. The van der Waals surface area contributed by atoms with Crippen molar-refractivity contribution in [2.45, 2.75) is 36.7 Å². The van der Waals surface area contributed by atoms with Crippen molar-refractivity contribution in [3.63, 3.8) is 0 Å². The summed E-state index contributed by atoms with van der Waals surface area (Å²) in [5.74, 6) is 0.238. The van der Waals surface area contributed by atoms with E-state index in [1.165, 1.54) is 0 Å². The molecule has 0 aromatic carbocycles. The smallest absolute Gasteiger partial charge is 0.320 e. The lowest BCUT2D eigenvalue weighted by atomic mass is 10.1. The minimum absolute atomic E-state index is 0.0184. The van der Waals surface area contributed by atoms with Crippen molar-refractivity contribution in [3.8, 4) is 0 Å². The molecule has 0 radical (unpaired) electrons. The topological polar surface area (TPSA) is 52.6 Å². The maximum atomic E-state index is 11.0. The molecule has 0 saturated carbocycles. The summed E-state index contributed by atoms with van der Waals surface area (Å²) in [6, 6.07) is 0.183. The van der Waals surface area contributed by atoms with E-state index < -0.39 is 5.97 Å². The third kappa shape index (κ3) is 2.14. The van der Waals surface area contributed by atoms with Gasteiger partial charge in [0, 0.05) is 12.6 Å². The van der Waals surface area contributed by atoms with Crippen LogP contribution in [0.25, 0.3) is 0 Å². The molecule has 2 aliphatic heterocycles. The molecule has 1 spiro atoms. The van der Waals surface area contributed by atoms with E-state index in [1.54, 1.807) is 0 Å². The second-order valence-electron chi connectivity index (χ2n) is 4.63. The van der Waals surface area contributed by atoms with Crippen LogP contribution in [0.15, 0.2) is 0 Å². The third-order valence-corrected chi connectivity index (χ3v) is 4.81. The van der Waals surface area contributed by atoms with Crippen LogP contribution >= 0.6 is 11.8 Å². The quantitative estimate of drug-likeness (QED) is 0.690. The Balaban J connectivity index is 2.06. The lowest BCUT2D eigenvalue weighted by Crippen LogP contribution is -2.55. The zero-order chi connectivity index (χ0) is 11.1. The van der Waals surface area contributed by atoms with Gasteiger partial charge in [0.1, 0.15) is 6.04 Å². The van der Waals surface area contributed by atoms with E-state index in [0.717, 1.165) is 25.1 Å². The largest absolute Gasteiger partial charge is 0.480 e. The van der Waals surface area contributed by atoms with Gasteiger partial charge in [-0.2, -0.15) is 0 Å². The number of hydrogen-bond acceptors (Lipinski definition) is 4. The van der Waals surface area contributed by atoms with E-state index >= 15 is 0 Å². The highest BCUT2D eigenvalue weighted by Gasteiger charge is 2.45. The highest BCUT2D eigenvalue weighted by atomic mass is 32.2. The van der Waals surface area contributed by atoms with Crippen molar-refractivity contribution in [2.24, 2.45) is 0 Å². The molecule has 0 aliphatic carbocycles. The van der Waals surface area contributed by atoms with Crippen LogP contribution < -0.4 is 5.32 Å². The molecular formula is C10H18N2O2S. The molecule has 4 nitrogen and oxygen atoms in total. The summed E-state index contributed by atoms with van der Waals surface area (Å²) >= 11 is 1.89. The van der Waals surface area contributed by atoms with Gasteiger partial charge in [0.2, 0.25) is 0 Å². The Kier molecular flexibility index (Phi) is 2.96. The first kappa shape index (κ1) is 11.2. The fourth-order valence-electron chi connectivity index (χ4n) is 2.45. The molecule has 86 valence electrons. The molecule has 3 unspecified atom stereocenters. The average molecular weight is 230 g/mol. The van der Waals surface area contributed by atoms with Crippen molar-refractivity contribution < 1.29 is 9.90 Å². The fraction of sp³-hybridized carbons (Fsp3) is 0.900. The second-order valence-corrected chi connectivity index (χ2v) is 6.11. The minimum Gasteiger partial charge on any atom is -0.480 e. The molecule has 2 N–H and O–H groups in total. The molecule has 15 heavy (non-hydrogen) atoms. The van der Waals surface area contributed by atoms with Gasteiger partial charge in [0.25, 0.3) is 0 Å². The molecule has 2 rings (SSSR count). The Morgan fingerprint density at radius 1 is 1.67 bits per heavy atom. The maximum Gasteiger partial charge on any atom is 0.320 e. The van der Waals surface area contributed by atoms with Crippen LogP contribution in [0.3, 0.4) is 0 Å². The molecule has 0 amide bonds. The zero-order valence-electron chi connectivity index (χ0n) is 9.19. The number of carbonyl (C=O) groups is 1. The molecule has 2 saturated heterocycles. The van der Waals surface area contributed by atoms with E-state index in [-0.39, 0.29) is 10.9 Å². The van der Waals surface area contributed by atoms with E-state index in [1.807, 2.05) is 11.8 Å². The number of rotatable bonds is 1. The van der Waals surface area contributed by atoms with E-state index in [2.05, 4.69) is 24.2 Å². The van der Waals surface area contributed by atoms with Gasteiger partial charge < -0.3 is 10.0 Å². The third-order valence-electron chi connectivity index (χ3n) is 3.40. The van der Waals surface area contributed by atoms with Crippen LogP contribution in [-0.4, -0.2) is 52.3 Å². The predicted octanol–water partition coefficient (Wildman–Crippen LogP) is 0.586. The van der Waals surface area contributed by atoms with Crippen molar-refractivity contribution in [1.82, 2.24) is 10.2 Å². The molecule has 2 heterocycles. The van der Waals surface area contributed by atoms with Gasteiger partial charge in [-0.25, -0.2) is 0 Å². The van der Waals surface area contributed by atoms with Gasteiger partial charge in [0.15, 0.2) is 0 Å². The van der Waals surface area contributed by atoms with Crippen molar-refractivity contribution in [3.05, 3.63) is 0 Å². The van der Waals surface area contributed by atoms with Crippen molar-refractivity contribution >= 4 is 17.7 Å². The van der Waals surface area contributed by atoms with Gasteiger partial charge in [-0.05, 0) is 32.6 Å². The summed E-state index contributed by atoms with van der Waals surface area (Å²) in [5, 5.41) is 12.3. The number of carboxylic acids is 1. The van der Waals surface area contributed by atoms with Gasteiger partial charge in [-0.3, -0.25) is 10.1 Å². The van der Waals surface area contributed by atoms with E-state index in [4.69, 9.17) is 5.11 Å². The fourth-order valence-corrected chi connectivity index (χ4v) is 4.08. The summed E-state index contributed by atoms with van der Waals surface area (Å²) in [5.41, 5.74) is 0. The lowest BCUT2D eigenvalue weighted by Gasteiger charge is -2.37. The normalized spacial score (nSPS) is 42.3. The van der Waals surface area contributed by atoms with Crippen LogP contribution in [0, 0.1) is 0 Å². The van der Waals surface area contributed by atoms with E-state index in [9.17, 15) is 4.79 Å². The molecule has 0 aromatic heterocycles. The number of aliphatic carboxylic acids is 1. The summed E-state index contributed by atoms with van der Waals surface area (Å²) in [6.45, 7) is 3.14. The first-order valence-corrected chi connectivity index (χ1v) is 6.36. The molecule has 0 bridgehead atoms. The summed E-state index contributed by atoms with van der Waals surface area (Å²) < 4.78 is 0. The number of likely N-dealkylation sites (N-methyl/N-ethyl adjacent to an activating group) is 1. The monoisotopic (exact) mass is 230 g/mol. The number of carboxylic acid groups (broad SMARTS) is 1. The Morgan fingerprint density at radius 2 is 2.40 bits per heavy atom. The maximum absolute atomic E-state index is 11.0. The number of hydrogen-bond donors (Lipinski definition) is 2. The molecule has 2 aliphatic rings. The zero-order valence-corrected chi connectivity index (χ0v) is 10.0. The Labute approximate surface area is 94.4 Å². The second kappa shape index (κ2) is 3.96. The van der Waals surface area contributed by atoms with Gasteiger partial charge in [-0.1, -0.05) is 0 Å². The lowest BCUT2D eigenvalue weighted by molar-refractivity contribution is -0.140.